The zero-order valence-corrected chi connectivity index (χ0v) is 12.8. The van der Waals surface area contributed by atoms with Gasteiger partial charge in [-0.15, -0.1) is 0 Å². The van der Waals surface area contributed by atoms with E-state index < -0.39 is 0 Å². The third kappa shape index (κ3) is 3.83. The van der Waals surface area contributed by atoms with Crippen LogP contribution in [0.25, 0.3) is 0 Å². The predicted molar refractivity (Wildman–Crippen MR) is 81.0 cm³/mol. The van der Waals surface area contributed by atoms with Crippen molar-refractivity contribution < 1.29 is 9.59 Å². The summed E-state index contributed by atoms with van der Waals surface area (Å²) in [5.74, 6) is -0.131. The lowest BCUT2D eigenvalue weighted by atomic mass is 9.88. The van der Waals surface area contributed by atoms with Crippen LogP contribution in [0.2, 0.25) is 0 Å². The van der Waals surface area contributed by atoms with E-state index >= 15 is 0 Å². The summed E-state index contributed by atoms with van der Waals surface area (Å²) in [6.45, 7) is 2.61. The Kier molecular flexibility index (Phi) is 5.36. The third-order valence-corrected chi connectivity index (χ3v) is 3.92. The van der Waals surface area contributed by atoms with E-state index in [1.54, 1.807) is 13.2 Å². The Morgan fingerprint density at radius 1 is 1.33 bits per heavy atom. The van der Waals surface area contributed by atoms with E-state index in [2.05, 4.69) is 15.7 Å². The number of anilines is 1. The molecule has 0 aromatic carbocycles. The minimum absolute atomic E-state index is 0.00671. The second-order valence-corrected chi connectivity index (χ2v) is 5.61. The van der Waals surface area contributed by atoms with Gasteiger partial charge in [-0.1, -0.05) is 26.2 Å². The fourth-order valence-electron chi connectivity index (χ4n) is 2.72. The molecule has 1 aliphatic rings. The van der Waals surface area contributed by atoms with Crippen LogP contribution >= 0.6 is 0 Å². The van der Waals surface area contributed by atoms with Gasteiger partial charge in [0.15, 0.2) is 0 Å². The third-order valence-electron chi connectivity index (χ3n) is 3.92. The van der Waals surface area contributed by atoms with E-state index in [4.69, 9.17) is 0 Å². The average Bonchev–Trinajstić information content (AvgIpc) is 2.86. The van der Waals surface area contributed by atoms with E-state index in [-0.39, 0.29) is 17.7 Å². The van der Waals surface area contributed by atoms with E-state index in [1.165, 1.54) is 11.1 Å². The minimum Gasteiger partial charge on any atom is -0.351 e. The summed E-state index contributed by atoms with van der Waals surface area (Å²) >= 11 is 0. The molecule has 0 radical (unpaired) electrons. The fourth-order valence-corrected chi connectivity index (χ4v) is 2.72. The largest absolute Gasteiger partial charge is 0.351 e. The van der Waals surface area contributed by atoms with Gasteiger partial charge in [0.1, 0.15) is 5.69 Å². The van der Waals surface area contributed by atoms with Crippen molar-refractivity contribution in [2.45, 2.75) is 45.4 Å². The summed E-state index contributed by atoms with van der Waals surface area (Å²) in [6.07, 6.45) is 7.70. The van der Waals surface area contributed by atoms with Crippen LogP contribution in [0.5, 0.6) is 0 Å². The molecular weight excluding hydrogens is 268 g/mol. The molecule has 1 aromatic rings. The molecule has 21 heavy (non-hydrogen) atoms. The van der Waals surface area contributed by atoms with Gasteiger partial charge in [0, 0.05) is 19.5 Å². The second kappa shape index (κ2) is 7.24. The maximum absolute atomic E-state index is 12.3. The van der Waals surface area contributed by atoms with Crippen LogP contribution in [0.3, 0.4) is 0 Å². The molecule has 0 bridgehead atoms. The number of carbonyl (C=O) groups excluding carboxylic acids is 2. The molecule has 2 N–H and O–H groups in total. The van der Waals surface area contributed by atoms with E-state index in [0.717, 1.165) is 32.1 Å². The van der Waals surface area contributed by atoms with Gasteiger partial charge in [-0.25, -0.2) is 0 Å². The molecule has 0 unspecified atom stereocenters. The van der Waals surface area contributed by atoms with Gasteiger partial charge in [0.05, 0.1) is 11.9 Å². The van der Waals surface area contributed by atoms with Crippen LogP contribution in [-0.2, 0) is 11.8 Å². The smallest absolute Gasteiger partial charge is 0.271 e. The molecule has 0 saturated heterocycles. The van der Waals surface area contributed by atoms with Gasteiger partial charge in [-0.2, -0.15) is 5.10 Å². The van der Waals surface area contributed by atoms with Crippen molar-refractivity contribution in [3.8, 4) is 0 Å². The van der Waals surface area contributed by atoms with Crippen LogP contribution in [-0.4, -0.2) is 28.1 Å². The Labute approximate surface area is 125 Å². The summed E-state index contributed by atoms with van der Waals surface area (Å²) < 4.78 is 1.50. The summed E-state index contributed by atoms with van der Waals surface area (Å²) in [5, 5.41) is 9.78. The fraction of sp³-hybridized carbons (Fsp3) is 0.667. The molecule has 2 amide bonds. The first-order chi connectivity index (χ1) is 10.1. The number of aromatic nitrogens is 2. The van der Waals surface area contributed by atoms with E-state index in [1.807, 2.05) is 6.92 Å². The Bertz CT molecular complexity index is 504. The van der Waals surface area contributed by atoms with Gasteiger partial charge in [0.25, 0.3) is 5.91 Å². The van der Waals surface area contributed by atoms with Crippen molar-refractivity contribution in [1.29, 1.82) is 0 Å². The lowest BCUT2D eigenvalue weighted by Gasteiger charge is -2.20. The number of aryl methyl sites for hydroxylation is 1. The molecule has 1 heterocycles. The average molecular weight is 292 g/mol. The first-order valence-corrected chi connectivity index (χ1v) is 7.74. The molecule has 1 aromatic heterocycles. The van der Waals surface area contributed by atoms with Crippen molar-refractivity contribution in [3.63, 3.8) is 0 Å². The van der Waals surface area contributed by atoms with Crippen LogP contribution in [0.1, 0.15) is 55.9 Å². The lowest BCUT2D eigenvalue weighted by Crippen LogP contribution is -2.29. The number of nitrogens with zero attached hydrogens (tertiary/aromatic N) is 2. The van der Waals surface area contributed by atoms with Gasteiger partial charge in [-0.05, 0) is 19.3 Å². The first-order valence-electron chi connectivity index (χ1n) is 7.74. The lowest BCUT2D eigenvalue weighted by molar-refractivity contribution is -0.120. The summed E-state index contributed by atoms with van der Waals surface area (Å²) in [4.78, 5) is 24.4. The molecular formula is C15H24N4O2. The molecule has 1 aliphatic carbocycles. The van der Waals surface area contributed by atoms with E-state index in [9.17, 15) is 9.59 Å². The zero-order valence-electron chi connectivity index (χ0n) is 12.8. The predicted octanol–water partition coefficient (Wildman–Crippen LogP) is 2.08. The van der Waals surface area contributed by atoms with Crippen LogP contribution in [0.15, 0.2) is 6.20 Å². The second-order valence-electron chi connectivity index (χ2n) is 5.61. The van der Waals surface area contributed by atoms with Gasteiger partial charge >= 0.3 is 0 Å². The standard InChI is InChI=1S/C15H24N4O2/c1-3-9-16-15(21)13-12(10-17-19(13)2)18-14(20)11-7-5-4-6-8-11/h10-11H,3-9H2,1-2H3,(H,16,21)(H,18,20). The van der Waals surface area contributed by atoms with Crippen LogP contribution < -0.4 is 10.6 Å². The quantitative estimate of drug-likeness (QED) is 0.872. The Morgan fingerprint density at radius 2 is 2.05 bits per heavy atom. The molecule has 0 atom stereocenters. The SMILES string of the molecule is CCCNC(=O)c1c(NC(=O)C2CCCCC2)cnn1C. The minimum atomic E-state index is -0.198. The monoisotopic (exact) mass is 292 g/mol. The number of hydrogen-bond donors (Lipinski definition) is 2. The zero-order chi connectivity index (χ0) is 15.2. The van der Waals surface area contributed by atoms with Gasteiger partial charge in [-0.3, -0.25) is 14.3 Å². The summed E-state index contributed by atoms with van der Waals surface area (Å²) in [5.41, 5.74) is 0.911. The molecule has 6 nitrogen and oxygen atoms in total. The van der Waals surface area contributed by atoms with Crippen molar-refractivity contribution in [1.82, 2.24) is 15.1 Å². The van der Waals surface area contributed by atoms with Crippen LogP contribution in [0.4, 0.5) is 5.69 Å². The summed E-state index contributed by atoms with van der Waals surface area (Å²) in [7, 11) is 1.71. The molecule has 2 rings (SSSR count). The number of rotatable bonds is 5. The van der Waals surface area contributed by atoms with Crippen LogP contribution in [0, 0.1) is 5.92 Å². The highest BCUT2D eigenvalue weighted by atomic mass is 16.2. The topological polar surface area (TPSA) is 76.0 Å². The summed E-state index contributed by atoms with van der Waals surface area (Å²) in [6, 6.07) is 0. The normalized spacial score (nSPS) is 15.7. The van der Waals surface area contributed by atoms with Crippen molar-refractivity contribution >= 4 is 17.5 Å². The highest BCUT2D eigenvalue weighted by Gasteiger charge is 2.24. The van der Waals surface area contributed by atoms with Crippen molar-refractivity contribution in [2.75, 3.05) is 11.9 Å². The molecule has 1 fully saturated rings. The number of carbonyl (C=O) groups is 2. The molecule has 6 heteroatoms. The molecule has 0 spiro atoms. The maximum Gasteiger partial charge on any atom is 0.271 e. The Morgan fingerprint density at radius 3 is 2.71 bits per heavy atom. The number of hydrogen-bond acceptors (Lipinski definition) is 3. The Hall–Kier alpha value is -1.85. The van der Waals surface area contributed by atoms with Gasteiger partial charge < -0.3 is 10.6 Å². The molecule has 0 aliphatic heterocycles. The van der Waals surface area contributed by atoms with Gasteiger partial charge in [0.2, 0.25) is 5.91 Å². The highest BCUT2D eigenvalue weighted by molar-refractivity contribution is 6.02. The van der Waals surface area contributed by atoms with E-state index in [0.29, 0.717) is 17.9 Å². The highest BCUT2D eigenvalue weighted by Crippen LogP contribution is 2.25. The first kappa shape index (κ1) is 15.5. The van der Waals surface area contributed by atoms with Crippen molar-refractivity contribution in [3.05, 3.63) is 11.9 Å². The number of amides is 2. The maximum atomic E-state index is 12.3. The molecule has 116 valence electrons. The number of nitrogens with one attached hydrogen (secondary N) is 2. The Balaban J connectivity index is 2.06. The molecule has 1 saturated carbocycles. The van der Waals surface area contributed by atoms with Crippen molar-refractivity contribution in [2.24, 2.45) is 13.0 Å².